The van der Waals surface area contributed by atoms with Gasteiger partial charge < -0.3 is 30.7 Å². The van der Waals surface area contributed by atoms with E-state index in [9.17, 15) is 9.59 Å². The molecule has 2 aromatic carbocycles. The molecule has 0 aliphatic rings. The molecule has 3 aromatic rings. The highest BCUT2D eigenvalue weighted by Gasteiger charge is 2.11. The van der Waals surface area contributed by atoms with E-state index in [4.69, 9.17) is 20.9 Å². The number of nitrogen functional groups attached to an aromatic ring is 2. The number of ether oxygens (including phenoxy) is 2. The maximum absolute atomic E-state index is 12.2. The second kappa shape index (κ2) is 13.8. The van der Waals surface area contributed by atoms with Crippen LogP contribution in [-0.4, -0.2) is 54.3 Å². The van der Waals surface area contributed by atoms with E-state index < -0.39 is 12.2 Å². The van der Waals surface area contributed by atoms with Gasteiger partial charge in [0.2, 0.25) is 0 Å². The van der Waals surface area contributed by atoms with E-state index in [1.165, 1.54) is 9.80 Å². The van der Waals surface area contributed by atoms with E-state index in [1.54, 1.807) is 56.6 Å². The van der Waals surface area contributed by atoms with E-state index in [0.717, 1.165) is 11.1 Å². The van der Waals surface area contributed by atoms with Crippen molar-refractivity contribution in [1.82, 2.24) is 14.8 Å². The van der Waals surface area contributed by atoms with Crippen molar-refractivity contribution in [2.75, 3.05) is 38.8 Å². The van der Waals surface area contributed by atoms with Crippen LogP contribution >= 0.6 is 0 Å². The Morgan fingerprint density at radius 3 is 1.58 bits per heavy atom. The number of hydrogen-bond acceptors (Lipinski definition) is 7. The van der Waals surface area contributed by atoms with Crippen LogP contribution < -0.4 is 11.5 Å². The number of rotatable bonds is 6. The molecule has 2 amide bonds. The molecule has 4 N–H and O–H groups in total. The highest BCUT2D eigenvalue weighted by atomic mass is 16.6. The summed E-state index contributed by atoms with van der Waals surface area (Å²) in [5.41, 5.74) is 15.5. The fourth-order valence-electron chi connectivity index (χ4n) is 3.30. The number of carbonyl (C=O) groups excluding carboxylic acids is 2. The maximum atomic E-state index is 12.2. The lowest BCUT2D eigenvalue weighted by Gasteiger charge is -2.16. The zero-order chi connectivity index (χ0) is 27.3. The largest absolute Gasteiger partial charge is 0.436 e. The second-order valence-corrected chi connectivity index (χ2v) is 8.32. The summed E-state index contributed by atoms with van der Waals surface area (Å²) in [6, 6.07) is 19.8. The van der Waals surface area contributed by atoms with Crippen molar-refractivity contribution < 1.29 is 19.1 Å². The molecule has 194 valence electrons. The fourth-order valence-corrected chi connectivity index (χ4v) is 3.30. The minimum Gasteiger partial charge on any atom is -0.436 e. The van der Waals surface area contributed by atoms with E-state index >= 15 is 0 Å². The van der Waals surface area contributed by atoms with Crippen molar-refractivity contribution in [3.8, 4) is 23.7 Å². The van der Waals surface area contributed by atoms with Crippen molar-refractivity contribution in [2.24, 2.45) is 0 Å². The number of anilines is 2. The van der Waals surface area contributed by atoms with Gasteiger partial charge in [-0.25, -0.2) is 14.6 Å². The predicted molar refractivity (Wildman–Crippen MR) is 145 cm³/mol. The van der Waals surface area contributed by atoms with Crippen LogP contribution in [0, 0.1) is 23.7 Å². The van der Waals surface area contributed by atoms with Crippen LogP contribution in [0.4, 0.5) is 21.0 Å². The van der Waals surface area contributed by atoms with E-state index in [-0.39, 0.29) is 13.2 Å². The molecule has 0 atom stereocenters. The van der Waals surface area contributed by atoms with Crippen molar-refractivity contribution in [2.45, 2.75) is 13.1 Å². The quantitative estimate of drug-likeness (QED) is 0.383. The minimum absolute atomic E-state index is 0.0866. The van der Waals surface area contributed by atoms with Gasteiger partial charge in [-0.2, -0.15) is 0 Å². The molecule has 38 heavy (non-hydrogen) atoms. The third-order valence-electron chi connectivity index (χ3n) is 5.08. The lowest BCUT2D eigenvalue weighted by atomic mass is 10.2. The first-order valence-corrected chi connectivity index (χ1v) is 11.7. The Bertz CT molecular complexity index is 1300. The summed E-state index contributed by atoms with van der Waals surface area (Å²) in [4.78, 5) is 31.5. The van der Waals surface area contributed by atoms with Gasteiger partial charge in [-0.3, -0.25) is 0 Å². The standard InChI is InChI=1S/C29H29N5O4/c1-33(20-22-8-3-10-24(30)18-22)28(35)37-16-6-14-26-12-5-13-27(32-26)15-7-17-38-29(36)34(2)21-23-9-4-11-25(31)19-23/h3-5,8-13,18-19H,16-17,20-21,30-31H2,1-2H3. The highest BCUT2D eigenvalue weighted by Crippen LogP contribution is 2.10. The summed E-state index contributed by atoms with van der Waals surface area (Å²) < 4.78 is 10.4. The Hall–Kier alpha value is -5.15. The average molecular weight is 512 g/mol. The van der Waals surface area contributed by atoms with Crippen molar-refractivity contribution >= 4 is 23.6 Å². The summed E-state index contributed by atoms with van der Waals surface area (Å²) in [5, 5.41) is 0. The third-order valence-corrected chi connectivity index (χ3v) is 5.08. The number of nitrogens with two attached hydrogens (primary N) is 2. The monoisotopic (exact) mass is 511 g/mol. The topological polar surface area (TPSA) is 124 Å². The van der Waals surface area contributed by atoms with Gasteiger partial charge in [0.05, 0.1) is 0 Å². The molecule has 9 nitrogen and oxygen atoms in total. The molecule has 0 aliphatic heterocycles. The van der Waals surface area contributed by atoms with Gasteiger partial charge in [0.1, 0.15) is 11.4 Å². The molecule has 1 aromatic heterocycles. The van der Waals surface area contributed by atoms with Gasteiger partial charge in [-0.15, -0.1) is 0 Å². The van der Waals surface area contributed by atoms with E-state index in [1.807, 2.05) is 24.3 Å². The average Bonchev–Trinajstić information content (AvgIpc) is 2.89. The zero-order valence-electron chi connectivity index (χ0n) is 21.3. The molecule has 0 saturated carbocycles. The van der Waals surface area contributed by atoms with Crippen LogP contribution in [0.15, 0.2) is 66.7 Å². The van der Waals surface area contributed by atoms with Crippen molar-refractivity contribution in [3.63, 3.8) is 0 Å². The van der Waals surface area contributed by atoms with Crippen LogP contribution in [0.2, 0.25) is 0 Å². The Kier molecular flexibility index (Phi) is 9.97. The number of benzene rings is 2. The molecule has 3 rings (SSSR count). The fraction of sp³-hybridized carbons (Fsp3) is 0.207. The van der Waals surface area contributed by atoms with E-state index in [2.05, 4.69) is 28.7 Å². The highest BCUT2D eigenvalue weighted by molar-refractivity contribution is 5.68. The first-order valence-electron chi connectivity index (χ1n) is 11.7. The third kappa shape index (κ3) is 9.14. The predicted octanol–water partition coefficient (Wildman–Crippen LogP) is 3.49. The van der Waals surface area contributed by atoms with Crippen molar-refractivity contribution in [3.05, 3.63) is 89.2 Å². The summed E-state index contributed by atoms with van der Waals surface area (Å²) >= 11 is 0. The minimum atomic E-state index is -0.498. The molecule has 0 fully saturated rings. The normalized spacial score (nSPS) is 9.74. The lowest BCUT2D eigenvalue weighted by molar-refractivity contribution is 0.120. The number of carbonyl (C=O) groups is 2. The molecule has 0 unspecified atom stereocenters. The molecular weight excluding hydrogens is 482 g/mol. The number of nitrogens with zero attached hydrogens (tertiary/aromatic N) is 3. The Balaban J connectivity index is 1.43. The molecule has 1 heterocycles. The number of aromatic nitrogens is 1. The Labute approximate surface area is 222 Å². The summed E-state index contributed by atoms with van der Waals surface area (Å²) in [5.74, 6) is 11.2. The van der Waals surface area contributed by atoms with Gasteiger partial charge in [0, 0.05) is 38.6 Å². The van der Waals surface area contributed by atoms with Crippen LogP contribution in [0.3, 0.4) is 0 Å². The Morgan fingerprint density at radius 2 is 1.16 bits per heavy atom. The molecule has 0 bridgehead atoms. The van der Waals surface area contributed by atoms with Crippen molar-refractivity contribution in [1.29, 1.82) is 0 Å². The summed E-state index contributed by atoms with van der Waals surface area (Å²) in [7, 11) is 3.27. The molecule has 0 spiro atoms. The smallest absolute Gasteiger partial charge is 0.410 e. The van der Waals surface area contributed by atoms with Gasteiger partial charge in [-0.05, 0) is 59.4 Å². The Morgan fingerprint density at radius 1 is 0.737 bits per heavy atom. The van der Waals surface area contributed by atoms with E-state index in [0.29, 0.717) is 35.9 Å². The SMILES string of the molecule is CN(Cc1cccc(N)c1)C(=O)OCC#Cc1cccc(C#CCOC(=O)N(C)Cc2cccc(N)c2)n1. The number of hydrogen-bond donors (Lipinski definition) is 2. The summed E-state index contributed by atoms with van der Waals surface area (Å²) in [6.07, 6.45) is -0.996. The maximum Gasteiger partial charge on any atom is 0.410 e. The van der Waals surface area contributed by atoms with Gasteiger partial charge in [-0.1, -0.05) is 42.2 Å². The first kappa shape index (κ1) is 27.4. The number of amides is 2. The molecule has 0 radical (unpaired) electrons. The van der Waals surface area contributed by atoms with Crippen LogP contribution in [0.1, 0.15) is 22.5 Å². The molecule has 0 aliphatic carbocycles. The molecule has 0 saturated heterocycles. The molecule has 9 heteroatoms. The van der Waals surface area contributed by atoms with Crippen LogP contribution in [0.25, 0.3) is 0 Å². The summed E-state index contributed by atoms with van der Waals surface area (Å²) in [6.45, 7) is 0.564. The molecular formula is C29H29N5O4. The zero-order valence-corrected chi connectivity index (χ0v) is 21.3. The van der Waals surface area contributed by atoms with Crippen LogP contribution in [-0.2, 0) is 22.6 Å². The first-order chi connectivity index (χ1) is 18.3. The number of pyridine rings is 1. The van der Waals surface area contributed by atoms with Gasteiger partial charge in [0.15, 0.2) is 13.2 Å². The lowest BCUT2D eigenvalue weighted by Crippen LogP contribution is -2.27. The van der Waals surface area contributed by atoms with Gasteiger partial charge >= 0.3 is 12.2 Å². The van der Waals surface area contributed by atoms with Crippen LogP contribution in [0.5, 0.6) is 0 Å². The van der Waals surface area contributed by atoms with Gasteiger partial charge in [0.25, 0.3) is 0 Å². The second-order valence-electron chi connectivity index (χ2n) is 8.32.